The molecule has 0 aromatic rings. The van der Waals surface area contributed by atoms with Crippen LogP contribution in [-0.4, -0.2) is 37.9 Å². The Morgan fingerprint density at radius 3 is 2.83 bits per heavy atom. The fraction of sp³-hybridized carbons (Fsp3) is 1.00. The van der Waals surface area contributed by atoms with E-state index in [4.69, 9.17) is 17.3 Å². The summed E-state index contributed by atoms with van der Waals surface area (Å²) in [6, 6.07) is -0.175. The van der Waals surface area contributed by atoms with Crippen LogP contribution in [-0.2, 0) is 9.47 Å². The summed E-state index contributed by atoms with van der Waals surface area (Å²) in [4.78, 5) is 0. The second-order valence-corrected chi connectivity index (χ2v) is 3.72. The molecular weight excluding hydrogens is 171 g/mol. The number of ether oxygens (including phenoxy) is 2. The van der Waals surface area contributed by atoms with Gasteiger partial charge in [-0.15, -0.1) is 0 Å². The van der Waals surface area contributed by atoms with Crippen molar-refractivity contribution in [1.29, 1.82) is 0 Å². The highest BCUT2D eigenvalue weighted by Crippen LogP contribution is 2.23. The first kappa shape index (κ1) is 10.4. The molecule has 68 valence electrons. The van der Waals surface area contributed by atoms with Crippen molar-refractivity contribution in [2.24, 2.45) is 0 Å². The zero-order chi connectivity index (χ0) is 9.14. The zero-order valence-corrected chi connectivity index (χ0v) is 8.46. The van der Waals surface area contributed by atoms with Gasteiger partial charge in [0.2, 0.25) is 0 Å². The van der Waals surface area contributed by atoms with E-state index < -0.39 is 0 Å². The van der Waals surface area contributed by atoms with E-state index in [-0.39, 0.29) is 24.3 Å². The van der Waals surface area contributed by atoms with Crippen LogP contribution >= 0.6 is 12.6 Å². The van der Waals surface area contributed by atoms with E-state index >= 15 is 0 Å². The lowest BCUT2D eigenvalue weighted by Crippen LogP contribution is -2.28. The zero-order valence-electron chi connectivity index (χ0n) is 7.56. The normalized spacial score (nSPS) is 36.2. The molecule has 12 heavy (non-hydrogen) atoms. The highest BCUT2D eigenvalue weighted by atomic mass is 32.1. The van der Waals surface area contributed by atoms with Gasteiger partial charge in [0, 0.05) is 11.8 Å². The topological polar surface area (TPSA) is 18.5 Å². The second kappa shape index (κ2) is 4.54. The van der Waals surface area contributed by atoms with Crippen LogP contribution in [0, 0.1) is 0 Å². The van der Waals surface area contributed by atoms with E-state index in [2.05, 4.69) is 12.6 Å². The standard InChI is InChI=1S/C8H15BO2S/c1-5(2)10-6-3-8(9)11-7(6)4-12/h5-8,12H,3-4H2,1-2H3/t6-,7-,8-/m1/s1. The van der Waals surface area contributed by atoms with Crippen molar-refractivity contribution >= 4 is 20.5 Å². The largest absolute Gasteiger partial charge is 0.381 e. The van der Waals surface area contributed by atoms with Crippen molar-refractivity contribution in [2.45, 2.75) is 44.6 Å². The predicted molar refractivity (Wildman–Crippen MR) is 52.9 cm³/mol. The van der Waals surface area contributed by atoms with Crippen LogP contribution in [0.4, 0.5) is 0 Å². The minimum atomic E-state index is -0.175. The minimum absolute atomic E-state index is 0.0609. The molecule has 0 unspecified atom stereocenters. The average Bonchev–Trinajstić information content (AvgIpc) is 2.29. The Labute approximate surface area is 80.8 Å². The lowest BCUT2D eigenvalue weighted by molar-refractivity contribution is -0.0305. The molecule has 1 heterocycles. The van der Waals surface area contributed by atoms with Crippen molar-refractivity contribution < 1.29 is 9.47 Å². The van der Waals surface area contributed by atoms with Gasteiger partial charge in [-0.25, -0.2) is 0 Å². The van der Waals surface area contributed by atoms with Crippen molar-refractivity contribution in [3.05, 3.63) is 0 Å². The molecular formula is C8H15BO2S. The van der Waals surface area contributed by atoms with Crippen LogP contribution in [0.15, 0.2) is 0 Å². The molecule has 0 bridgehead atoms. The van der Waals surface area contributed by atoms with Gasteiger partial charge in [-0.3, -0.25) is 0 Å². The van der Waals surface area contributed by atoms with Gasteiger partial charge in [0.1, 0.15) is 7.85 Å². The molecule has 1 saturated heterocycles. The van der Waals surface area contributed by atoms with Gasteiger partial charge in [-0.05, 0) is 20.3 Å². The third-order valence-electron chi connectivity index (χ3n) is 1.86. The Hall–Kier alpha value is 0.335. The lowest BCUT2D eigenvalue weighted by Gasteiger charge is -2.19. The van der Waals surface area contributed by atoms with E-state index in [1.807, 2.05) is 13.8 Å². The highest BCUT2D eigenvalue weighted by molar-refractivity contribution is 7.80. The average molecular weight is 186 g/mol. The lowest BCUT2D eigenvalue weighted by atomic mass is 9.96. The first-order valence-corrected chi connectivity index (χ1v) is 4.94. The van der Waals surface area contributed by atoms with E-state index in [9.17, 15) is 0 Å². The smallest absolute Gasteiger partial charge is 0.109 e. The number of hydrogen-bond donors (Lipinski definition) is 1. The third kappa shape index (κ3) is 2.68. The summed E-state index contributed by atoms with van der Waals surface area (Å²) in [5, 5.41) is 0. The van der Waals surface area contributed by atoms with Crippen molar-refractivity contribution in [1.82, 2.24) is 0 Å². The Morgan fingerprint density at radius 1 is 1.67 bits per heavy atom. The van der Waals surface area contributed by atoms with E-state index in [1.165, 1.54) is 0 Å². The number of rotatable bonds is 3. The monoisotopic (exact) mass is 186 g/mol. The van der Waals surface area contributed by atoms with Crippen LogP contribution < -0.4 is 0 Å². The van der Waals surface area contributed by atoms with Gasteiger partial charge in [0.25, 0.3) is 0 Å². The molecule has 1 aliphatic rings. The van der Waals surface area contributed by atoms with Gasteiger partial charge in [-0.2, -0.15) is 12.6 Å². The summed E-state index contributed by atoms with van der Waals surface area (Å²) in [6.07, 6.45) is 1.19. The summed E-state index contributed by atoms with van der Waals surface area (Å²) in [5.74, 6) is 0.672. The number of hydrogen-bond acceptors (Lipinski definition) is 3. The fourth-order valence-corrected chi connectivity index (χ4v) is 1.72. The molecule has 1 rings (SSSR count). The van der Waals surface area contributed by atoms with Crippen molar-refractivity contribution in [3.8, 4) is 0 Å². The molecule has 0 aromatic carbocycles. The minimum Gasteiger partial charge on any atom is -0.381 e. The Morgan fingerprint density at radius 2 is 2.33 bits per heavy atom. The quantitative estimate of drug-likeness (QED) is 0.523. The molecule has 2 nitrogen and oxygen atoms in total. The first-order chi connectivity index (χ1) is 5.63. The van der Waals surface area contributed by atoms with E-state index in [0.717, 1.165) is 6.42 Å². The SMILES string of the molecule is [B][C@H]1C[C@@H](OC(C)C)[C@@H](CS)O1. The van der Waals surface area contributed by atoms with E-state index in [0.29, 0.717) is 5.75 Å². The summed E-state index contributed by atoms with van der Waals surface area (Å²) in [6.45, 7) is 4.03. The van der Waals surface area contributed by atoms with Crippen molar-refractivity contribution in [3.63, 3.8) is 0 Å². The highest BCUT2D eigenvalue weighted by Gasteiger charge is 2.32. The molecule has 0 saturated carbocycles. The molecule has 0 spiro atoms. The fourth-order valence-electron chi connectivity index (χ4n) is 1.40. The maximum absolute atomic E-state index is 5.63. The van der Waals surface area contributed by atoms with Crippen LogP contribution in [0.25, 0.3) is 0 Å². The summed E-state index contributed by atoms with van der Waals surface area (Å²) in [7, 11) is 5.63. The summed E-state index contributed by atoms with van der Waals surface area (Å²) >= 11 is 4.18. The molecule has 0 aliphatic carbocycles. The molecule has 0 N–H and O–H groups in total. The maximum atomic E-state index is 5.63. The molecule has 1 aliphatic heterocycles. The molecule has 0 aromatic heterocycles. The summed E-state index contributed by atoms with van der Waals surface area (Å²) < 4.78 is 11.0. The van der Waals surface area contributed by atoms with Crippen molar-refractivity contribution in [2.75, 3.05) is 5.75 Å². The molecule has 3 atom stereocenters. The Kier molecular flexibility index (Phi) is 3.94. The van der Waals surface area contributed by atoms with Crippen LogP contribution in [0.2, 0.25) is 0 Å². The molecule has 0 amide bonds. The van der Waals surface area contributed by atoms with Gasteiger partial charge in [-0.1, -0.05) is 0 Å². The van der Waals surface area contributed by atoms with Gasteiger partial charge in [0.15, 0.2) is 0 Å². The van der Waals surface area contributed by atoms with E-state index in [1.54, 1.807) is 0 Å². The van der Waals surface area contributed by atoms with Gasteiger partial charge >= 0.3 is 0 Å². The van der Waals surface area contributed by atoms with Gasteiger partial charge < -0.3 is 9.47 Å². The first-order valence-electron chi connectivity index (χ1n) is 4.31. The van der Waals surface area contributed by atoms with Crippen LogP contribution in [0.1, 0.15) is 20.3 Å². The van der Waals surface area contributed by atoms with Crippen LogP contribution in [0.5, 0.6) is 0 Å². The maximum Gasteiger partial charge on any atom is 0.109 e. The third-order valence-corrected chi connectivity index (χ3v) is 2.22. The second-order valence-electron chi connectivity index (χ2n) is 3.35. The number of thiol groups is 1. The Balaban J connectivity index is 2.40. The summed E-state index contributed by atoms with van der Waals surface area (Å²) in [5.41, 5.74) is 0. The predicted octanol–water partition coefficient (Wildman–Crippen LogP) is 0.993. The Bertz CT molecular complexity index is 143. The molecule has 1 fully saturated rings. The van der Waals surface area contributed by atoms with Crippen LogP contribution in [0.3, 0.4) is 0 Å². The molecule has 4 heteroatoms. The van der Waals surface area contributed by atoms with Gasteiger partial charge in [0.05, 0.1) is 18.3 Å². The molecule has 2 radical (unpaired) electrons.